The number of halogens is 2. The molecule has 5 nitrogen and oxygen atoms in total. The van der Waals surface area contributed by atoms with Gasteiger partial charge in [-0.3, -0.25) is 0 Å². The van der Waals surface area contributed by atoms with Crippen LogP contribution in [0.1, 0.15) is 30.0 Å². The van der Waals surface area contributed by atoms with Crippen LogP contribution in [0.4, 0.5) is 0 Å². The summed E-state index contributed by atoms with van der Waals surface area (Å²) in [5.41, 5.74) is 1.03. The van der Waals surface area contributed by atoms with Crippen molar-refractivity contribution in [2.24, 2.45) is 0 Å². The van der Waals surface area contributed by atoms with Gasteiger partial charge in [0.15, 0.2) is 5.76 Å². The Kier molecular flexibility index (Phi) is 4.63. The van der Waals surface area contributed by atoms with Crippen molar-refractivity contribution < 1.29 is 12.9 Å². The fourth-order valence-corrected chi connectivity index (χ4v) is 3.87. The lowest BCUT2D eigenvalue weighted by Gasteiger charge is -2.15. The summed E-state index contributed by atoms with van der Waals surface area (Å²) < 4.78 is 32.3. The Hall–Kier alpha value is -1.08. The van der Waals surface area contributed by atoms with Crippen molar-refractivity contribution in [2.75, 3.05) is 0 Å². The molecule has 1 aromatic carbocycles. The number of aryl methyl sites for hydroxylation is 2. The number of hydrogen-bond acceptors (Lipinski definition) is 4. The minimum atomic E-state index is -3.73. The zero-order valence-corrected chi connectivity index (χ0v) is 14.0. The Balaban J connectivity index is 2.30. The Labute approximate surface area is 133 Å². The van der Waals surface area contributed by atoms with Crippen molar-refractivity contribution in [3.05, 3.63) is 45.3 Å². The van der Waals surface area contributed by atoms with Gasteiger partial charge in [0, 0.05) is 6.04 Å². The van der Waals surface area contributed by atoms with Crippen LogP contribution < -0.4 is 4.72 Å². The van der Waals surface area contributed by atoms with Gasteiger partial charge in [-0.25, -0.2) is 13.1 Å². The quantitative estimate of drug-likeness (QED) is 0.915. The van der Waals surface area contributed by atoms with Crippen molar-refractivity contribution in [3.8, 4) is 0 Å². The van der Waals surface area contributed by atoms with Crippen LogP contribution in [0.3, 0.4) is 0 Å². The number of rotatable bonds is 4. The van der Waals surface area contributed by atoms with Crippen LogP contribution in [-0.4, -0.2) is 13.6 Å². The van der Waals surface area contributed by atoms with Gasteiger partial charge in [0.25, 0.3) is 0 Å². The van der Waals surface area contributed by atoms with Gasteiger partial charge in [0.2, 0.25) is 10.0 Å². The third kappa shape index (κ3) is 3.40. The normalized spacial score (nSPS) is 13.4. The first-order valence-corrected chi connectivity index (χ1v) is 8.36. The largest absolute Gasteiger partial charge is 0.360 e. The molecule has 21 heavy (non-hydrogen) atoms. The highest BCUT2D eigenvalue weighted by Gasteiger charge is 2.26. The Bertz CT molecular complexity index is 752. The molecule has 0 aliphatic carbocycles. The molecule has 1 atom stereocenters. The van der Waals surface area contributed by atoms with E-state index in [1.807, 2.05) is 0 Å². The van der Waals surface area contributed by atoms with Gasteiger partial charge in [-0.05, 0) is 38.5 Å². The van der Waals surface area contributed by atoms with Crippen LogP contribution in [-0.2, 0) is 10.0 Å². The molecule has 0 bridgehead atoms. The van der Waals surface area contributed by atoms with E-state index in [0.717, 1.165) is 0 Å². The van der Waals surface area contributed by atoms with Crippen LogP contribution in [0, 0.1) is 13.8 Å². The predicted octanol–water partition coefficient (Wildman–Crippen LogP) is 3.64. The number of benzene rings is 1. The highest BCUT2D eigenvalue weighted by molar-refractivity contribution is 7.89. The fraction of sp³-hybridized carbons (Fsp3) is 0.308. The number of nitrogens with one attached hydrogen (secondary N) is 1. The molecule has 8 heteroatoms. The lowest BCUT2D eigenvalue weighted by atomic mass is 10.1. The van der Waals surface area contributed by atoms with E-state index in [4.69, 9.17) is 27.7 Å². The molecule has 0 radical (unpaired) electrons. The first-order chi connectivity index (χ1) is 9.72. The topological polar surface area (TPSA) is 72.2 Å². The summed E-state index contributed by atoms with van der Waals surface area (Å²) in [5, 5.41) is 4.45. The molecule has 0 aliphatic rings. The standard InChI is InChI=1S/C13H14Cl2N2O3S/c1-7(10-4-5-11(14)12(15)6-10)17-21(18,19)13-8(2)16-20-9(13)3/h4-7,17H,1-3H3. The molecule has 114 valence electrons. The smallest absolute Gasteiger partial charge is 0.246 e. The summed E-state index contributed by atoms with van der Waals surface area (Å²) in [5.74, 6) is 0.251. The number of sulfonamides is 1. The Morgan fingerprint density at radius 1 is 1.24 bits per heavy atom. The van der Waals surface area contributed by atoms with Crippen LogP contribution in [0.15, 0.2) is 27.6 Å². The predicted molar refractivity (Wildman–Crippen MR) is 81.2 cm³/mol. The van der Waals surface area contributed by atoms with E-state index in [0.29, 0.717) is 21.3 Å². The average molecular weight is 349 g/mol. The average Bonchev–Trinajstić information content (AvgIpc) is 2.72. The van der Waals surface area contributed by atoms with Gasteiger partial charge >= 0.3 is 0 Å². The maximum Gasteiger partial charge on any atom is 0.246 e. The molecule has 0 saturated carbocycles. The van der Waals surface area contributed by atoms with E-state index in [1.54, 1.807) is 39.0 Å². The summed E-state index contributed by atoms with van der Waals surface area (Å²) in [7, 11) is -3.73. The zero-order valence-electron chi connectivity index (χ0n) is 11.6. The molecule has 0 fully saturated rings. The van der Waals surface area contributed by atoms with Crippen LogP contribution >= 0.6 is 23.2 Å². The van der Waals surface area contributed by atoms with Gasteiger partial charge in [-0.15, -0.1) is 0 Å². The second-order valence-electron chi connectivity index (χ2n) is 4.67. The third-order valence-electron chi connectivity index (χ3n) is 3.01. The Morgan fingerprint density at radius 3 is 2.43 bits per heavy atom. The van der Waals surface area contributed by atoms with Crippen molar-refractivity contribution in [1.29, 1.82) is 0 Å². The molecular formula is C13H14Cl2N2O3S. The lowest BCUT2D eigenvalue weighted by Crippen LogP contribution is -2.27. The first-order valence-electron chi connectivity index (χ1n) is 6.12. The summed E-state index contributed by atoms with van der Waals surface area (Å²) in [4.78, 5) is 0.0643. The van der Waals surface area contributed by atoms with E-state index >= 15 is 0 Å². The molecule has 1 aromatic heterocycles. The highest BCUT2D eigenvalue weighted by atomic mass is 35.5. The molecule has 1 heterocycles. The molecule has 0 amide bonds. The van der Waals surface area contributed by atoms with Gasteiger partial charge in [-0.1, -0.05) is 34.4 Å². The van der Waals surface area contributed by atoms with Gasteiger partial charge in [0.05, 0.1) is 10.0 Å². The Morgan fingerprint density at radius 2 is 1.90 bits per heavy atom. The molecular weight excluding hydrogens is 335 g/mol. The molecule has 1 unspecified atom stereocenters. The third-order valence-corrected chi connectivity index (χ3v) is 5.54. The minimum absolute atomic E-state index is 0.0643. The maximum absolute atomic E-state index is 12.4. The summed E-state index contributed by atoms with van der Waals surface area (Å²) >= 11 is 11.8. The van der Waals surface area contributed by atoms with Gasteiger partial charge < -0.3 is 4.52 Å². The second kappa shape index (κ2) is 5.96. The van der Waals surface area contributed by atoms with E-state index in [9.17, 15) is 8.42 Å². The monoisotopic (exact) mass is 348 g/mol. The highest BCUT2D eigenvalue weighted by Crippen LogP contribution is 2.27. The number of nitrogens with zero attached hydrogens (tertiary/aromatic N) is 1. The van der Waals surface area contributed by atoms with E-state index in [1.165, 1.54) is 0 Å². The molecule has 2 aromatic rings. The molecule has 0 saturated heterocycles. The van der Waals surface area contributed by atoms with Crippen LogP contribution in [0.2, 0.25) is 10.0 Å². The van der Waals surface area contributed by atoms with E-state index < -0.39 is 16.1 Å². The SMILES string of the molecule is Cc1noc(C)c1S(=O)(=O)NC(C)c1ccc(Cl)c(Cl)c1. The van der Waals surface area contributed by atoms with Crippen molar-refractivity contribution in [3.63, 3.8) is 0 Å². The van der Waals surface area contributed by atoms with Crippen LogP contribution in [0.25, 0.3) is 0 Å². The lowest BCUT2D eigenvalue weighted by molar-refractivity contribution is 0.390. The van der Waals surface area contributed by atoms with Gasteiger partial charge in [0.1, 0.15) is 10.6 Å². The van der Waals surface area contributed by atoms with E-state index in [-0.39, 0.29) is 10.7 Å². The molecule has 0 spiro atoms. The summed E-state index contributed by atoms with van der Waals surface area (Å²) in [6.45, 7) is 4.85. The number of hydrogen-bond donors (Lipinski definition) is 1. The van der Waals surface area contributed by atoms with Crippen molar-refractivity contribution in [1.82, 2.24) is 9.88 Å². The van der Waals surface area contributed by atoms with Crippen LogP contribution in [0.5, 0.6) is 0 Å². The van der Waals surface area contributed by atoms with Gasteiger partial charge in [-0.2, -0.15) is 0 Å². The zero-order chi connectivity index (χ0) is 15.8. The second-order valence-corrected chi connectivity index (χ2v) is 7.14. The summed E-state index contributed by atoms with van der Waals surface area (Å²) in [6, 6.07) is 4.50. The molecule has 1 N–H and O–H groups in total. The fourth-order valence-electron chi connectivity index (χ4n) is 2.00. The van der Waals surface area contributed by atoms with E-state index in [2.05, 4.69) is 9.88 Å². The summed E-state index contributed by atoms with van der Waals surface area (Å²) in [6.07, 6.45) is 0. The minimum Gasteiger partial charge on any atom is -0.360 e. The van der Waals surface area contributed by atoms with Crippen molar-refractivity contribution in [2.45, 2.75) is 31.7 Å². The number of aromatic nitrogens is 1. The maximum atomic E-state index is 12.4. The molecule has 2 rings (SSSR count). The molecule has 0 aliphatic heterocycles. The first kappa shape index (κ1) is 16.3. The van der Waals surface area contributed by atoms with Crippen molar-refractivity contribution >= 4 is 33.2 Å².